The summed E-state index contributed by atoms with van der Waals surface area (Å²) in [6.45, 7) is 5.15. The van der Waals surface area contributed by atoms with E-state index in [9.17, 15) is 0 Å². The molecular formula is C16H17N7O. The molecule has 0 saturated heterocycles. The number of benzene rings is 1. The Hall–Kier alpha value is -3.03. The lowest BCUT2D eigenvalue weighted by Gasteiger charge is -2.01. The first-order valence-electron chi connectivity index (χ1n) is 7.79. The van der Waals surface area contributed by atoms with Crippen LogP contribution in [0.5, 0.6) is 0 Å². The maximum Gasteiger partial charge on any atom is 0.238 e. The summed E-state index contributed by atoms with van der Waals surface area (Å²) in [4.78, 5) is 0. The summed E-state index contributed by atoms with van der Waals surface area (Å²) < 4.78 is 9.43. The molecule has 8 heteroatoms. The van der Waals surface area contributed by atoms with Gasteiger partial charge in [-0.3, -0.25) is 4.68 Å². The Morgan fingerprint density at radius 2 is 1.83 bits per heavy atom. The van der Waals surface area contributed by atoms with Crippen molar-refractivity contribution in [3.63, 3.8) is 0 Å². The first kappa shape index (κ1) is 14.6. The molecule has 0 fully saturated rings. The Kier molecular flexibility index (Phi) is 3.56. The molecule has 0 amide bonds. The van der Waals surface area contributed by atoms with Gasteiger partial charge in [-0.2, -0.15) is 5.10 Å². The highest BCUT2D eigenvalue weighted by atomic mass is 16.4. The smallest absolute Gasteiger partial charge is 0.238 e. The van der Waals surface area contributed by atoms with Crippen molar-refractivity contribution < 1.29 is 4.42 Å². The van der Waals surface area contributed by atoms with Crippen LogP contribution in [-0.4, -0.2) is 35.0 Å². The number of fused-ring (bicyclic) bond motifs is 1. The average molecular weight is 323 g/mol. The van der Waals surface area contributed by atoms with E-state index < -0.39 is 0 Å². The van der Waals surface area contributed by atoms with E-state index in [1.807, 2.05) is 42.8 Å². The third kappa shape index (κ3) is 2.78. The summed E-state index contributed by atoms with van der Waals surface area (Å²) in [5.74, 6) is 1.12. The van der Waals surface area contributed by atoms with Gasteiger partial charge in [-0.1, -0.05) is 17.3 Å². The standard InChI is InChI=1S/C16H17N7O/c1-11-9-12(2)22(20-11)8-7-15-18-19-16(24-15)10-23-14-6-4-3-5-13(14)17-21-23/h3-6,9H,7-8,10H2,1-2H3. The minimum atomic E-state index is 0.410. The zero-order valence-corrected chi connectivity index (χ0v) is 13.5. The van der Waals surface area contributed by atoms with E-state index in [4.69, 9.17) is 4.42 Å². The first-order valence-corrected chi connectivity index (χ1v) is 7.79. The van der Waals surface area contributed by atoms with Gasteiger partial charge in [0.15, 0.2) is 0 Å². The number of rotatable bonds is 5. The number of hydrogen-bond donors (Lipinski definition) is 0. The van der Waals surface area contributed by atoms with Crippen LogP contribution in [0.4, 0.5) is 0 Å². The summed E-state index contributed by atoms with van der Waals surface area (Å²) >= 11 is 0. The zero-order valence-electron chi connectivity index (χ0n) is 13.5. The van der Waals surface area contributed by atoms with Crippen molar-refractivity contribution in [3.8, 4) is 0 Å². The van der Waals surface area contributed by atoms with Gasteiger partial charge in [0.25, 0.3) is 0 Å². The highest BCUT2D eigenvalue weighted by Crippen LogP contribution is 2.12. The predicted octanol–water partition coefficient (Wildman–Crippen LogP) is 1.92. The van der Waals surface area contributed by atoms with Gasteiger partial charge in [0.05, 0.1) is 11.2 Å². The van der Waals surface area contributed by atoms with E-state index in [-0.39, 0.29) is 0 Å². The Balaban J connectivity index is 1.46. The van der Waals surface area contributed by atoms with Crippen LogP contribution in [0.25, 0.3) is 11.0 Å². The van der Waals surface area contributed by atoms with Crippen LogP contribution in [0, 0.1) is 13.8 Å². The maximum atomic E-state index is 5.72. The van der Waals surface area contributed by atoms with Crippen LogP contribution >= 0.6 is 0 Å². The molecule has 0 spiro atoms. The Labute approximate surface area is 138 Å². The van der Waals surface area contributed by atoms with Crippen LogP contribution in [-0.2, 0) is 19.5 Å². The molecule has 122 valence electrons. The number of para-hydroxylation sites is 1. The van der Waals surface area contributed by atoms with E-state index in [1.165, 1.54) is 0 Å². The van der Waals surface area contributed by atoms with Crippen LogP contribution in [0.2, 0.25) is 0 Å². The Morgan fingerprint density at radius 3 is 2.67 bits per heavy atom. The molecule has 0 N–H and O–H groups in total. The Bertz CT molecular complexity index is 981. The highest BCUT2D eigenvalue weighted by Gasteiger charge is 2.11. The van der Waals surface area contributed by atoms with Crippen molar-refractivity contribution in [2.24, 2.45) is 0 Å². The SMILES string of the molecule is Cc1cc(C)n(CCc2nnc(Cn3nnc4ccccc43)o2)n1. The third-order valence-electron chi connectivity index (χ3n) is 3.85. The number of aromatic nitrogens is 7. The largest absolute Gasteiger partial charge is 0.423 e. The lowest BCUT2D eigenvalue weighted by atomic mass is 10.3. The maximum absolute atomic E-state index is 5.72. The molecule has 0 atom stereocenters. The van der Waals surface area contributed by atoms with Crippen molar-refractivity contribution in [2.45, 2.75) is 33.4 Å². The predicted molar refractivity (Wildman–Crippen MR) is 86.3 cm³/mol. The van der Waals surface area contributed by atoms with Crippen molar-refractivity contribution in [2.75, 3.05) is 0 Å². The molecule has 3 aromatic heterocycles. The van der Waals surface area contributed by atoms with E-state index in [2.05, 4.69) is 31.7 Å². The number of aryl methyl sites for hydroxylation is 4. The van der Waals surface area contributed by atoms with Gasteiger partial charge in [0, 0.05) is 18.7 Å². The topological polar surface area (TPSA) is 87.5 Å². The third-order valence-corrected chi connectivity index (χ3v) is 3.85. The number of nitrogens with zero attached hydrogens (tertiary/aromatic N) is 7. The van der Waals surface area contributed by atoms with Crippen molar-refractivity contribution in [1.82, 2.24) is 35.0 Å². The minimum absolute atomic E-state index is 0.410. The molecular weight excluding hydrogens is 306 g/mol. The summed E-state index contributed by atoms with van der Waals surface area (Å²) in [6.07, 6.45) is 0.646. The molecule has 0 aliphatic carbocycles. The fraction of sp³-hybridized carbons (Fsp3) is 0.312. The summed E-state index contributed by atoms with van der Waals surface area (Å²) in [7, 11) is 0. The Morgan fingerprint density at radius 1 is 1.00 bits per heavy atom. The van der Waals surface area contributed by atoms with Crippen molar-refractivity contribution in [3.05, 3.63) is 53.5 Å². The van der Waals surface area contributed by atoms with Gasteiger partial charge in [-0.15, -0.1) is 15.3 Å². The molecule has 1 aromatic carbocycles. The molecule has 0 unspecified atom stereocenters. The van der Waals surface area contributed by atoms with E-state index >= 15 is 0 Å². The van der Waals surface area contributed by atoms with Gasteiger partial charge in [0.2, 0.25) is 11.8 Å². The fourth-order valence-electron chi connectivity index (χ4n) is 2.72. The van der Waals surface area contributed by atoms with Gasteiger partial charge < -0.3 is 4.42 Å². The summed E-state index contributed by atoms with van der Waals surface area (Å²) in [5.41, 5.74) is 3.93. The highest BCUT2D eigenvalue weighted by molar-refractivity contribution is 5.73. The second-order valence-electron chi connectivity index (χ2n) is 5.73. The van der Waals surface area contributed by atoms with Crippen LogP contribution in [0.1, 0.15) is 23.2 Å². The van der Waals surface area contributed by atoms with E-state index in [0.717, 1.165) is 22.4 Å². The van der Waals surface area contributed by atoms with E-state index in [1.54, 1.807) is 4.68 Å². The molecule has 8 nitrogen and oxygen atoms in total. The van der Waals surface area contributed by atoms with Crippen LogP contribution in [0.3, 0.4) is 0 Å². The van der Waals surface area contributed by atoms with Gasteiger partial charge in [0.1, 0.15) is 12.1 Å². The van der Waals surface area contributed by atoms with Crippen molar-refractivity contribution >= 4 is 11.0 Å². The zero-order chi connectivity index (χ0) is 16.5. The minimum Gasteiger partial charge on any atom is -0.423 e. The molecule has 4 rings (SSSR count). The van der Waals surface area contributed by atoms with Gasteiger partial charge in [-0.25, -0.2) is 4.68 Å². The average Bonchev–Trinajstić information content (AvgIpc) is 3.26. The van der Waals surface area contributed by atoms with Gasteiger partial charge >= 0.3 is 0 Å². The first-order chi connectivity index (χ1) is 11.7. The summed E-state index contributed by atoms with van der Waals surface area (Å²) in [6, 6.07) is 9.83. The second kappa shape index (κ2) is 5.88. The van der Waals surface area contributed by atoms with Crippen LogP contribution < -0.4 is 0 Å². The fourth-order valence-corrected chi connectivity index (χ4v) is 2.72. The van der Waals surface area contributed by atoms with Gasteiger partial charge in [-0.05, 0) is 32.0 Å². The lowest BCUT2D eigenvalue weighted by molar-refractivity contribution is 0.416. The molecule has 0 saturated carbocycles. The van der Waals surface area contributed by atoms with Crippen molar-refractivity contribution in [1.29, 1.82) is 0 Å². The molecule has 0 aliphatic rings. The molecule has 4 aromatic rings. The van der Waals surface area contributed by atoms with E-state index in [0.29, 0.717) is 31.3 Å². The summed E-state index contributed by atoms with van der Waals surface area (Å²) in [5, 5.41) is 20.9. The monoisotopic (exact) mass is 323 g/mol. The molecule has 0 aliphatic heterocycles. The molecule has 24 heavy (non-hydrogen) atoms. The number of hydrogen-bond acceptors (Lipinski definition) is 6. The molecule has 3 heterocycles. The quantitative estimate of drug-likeness (QED) is 0.557. The second-order valence-corrected chi connectivity index (χ2v) is 5.73. The molecule has 0 radical (unpaired) electrons. The normalized spacial score (nSPS) is 11.4. The van der Waals surface area contributed by atoms with Crippen LogP contribution in [0.15, 0.2) is 34.7 Å². The molecule has 0 bridgehead atoms. The lowest BCUT2D eigenvalue weighted by Crippen LogP contribution is -2.05.